The van der Waals surface area contributed by atoms with Gasteiger partial charge in [0, 0.05) is 17.1 Å². The third-order valence-corrected chi connectivity index (χ3v) is 4.65. The van der Waals surface area contributed by atoms with Gasteiger partial charge in [-0.05, 0) is 52.0 Å². The van der Waals surface area contributed by atoms with E-state index in [1.54, 1.807) is 0 Å². The van der Waals surface area contributed by atoms with E-state index < -0.39 is 33.5 Å². The Hall–Kier alpha value is -1.64. The Balaban J connectivity index is 2.46. The Morgan fingerprint density at radius 3 is 2.28 bits per heavy atom. The molecule has 0 heterocycles. The average Bonchev–Trinajstić information content (AvgIpc) is 2.45. The molecular formula is C16H23ClN2O5S. The standard InChI is InChI=1S/C16H23ClN2O5S/c1-11(15(21)19-16(2,3)4)24-14(20)9-10-18-25(22,23)13-7-5-12(17)6-8-13/h5-8,11,18H,9-10H2,1-4H3,(H,19,21)/t11-/m1/s1. The molecule has 2 N–H and O–H groups in total. The van der Waals surface area contributed by atoms with Gasteiger partial charge in [0.15, 0.2) is 6.10 Å². The van der Waals surface area contributed by atoms with Crippen LogP contribution >= 0.6 is 11.6 Å². The van der Waals surface area contributed by atoms with Crippen LogP contribution in [0.5, 0.6) is 0 Å². The van der Waals surface area contributed by atoms with Crippen molar-refractivity contribution in [2.45, 2.75) is 50.7 Å². The van der Waals surface area contributed by atoms with Crippen LogP contribution in [0.4, 0.5) is 0 Å². The molecule has 140 valence electrons. The number of hydrogen-bond acceptors (Lipinski definition) is 5. The highest BCUT2D eigenvalue weighted by Gasteiger charge is 2.22. The largest absolute Gasteiger partial charge is 0.453 e. The van der Waals surface area contributed by atoms with Crippen LogP contribution in [0.25, 0.3) is 0 Å². The number of carbonyl (C=O) groups is 2. The maximum atomic E-state index is 12.0. The lowest BCUT2D eigenvalue weighted by atomic mass is 10.1. The van der Waals surface area contributed by atoms with Gasteiger partial charge < -0.3 is 10.1 Å². The maximum Gasteiger partial charge on any atom is 0.307 e. The molecule has 0 radical (unpaired) electrons. The third kappa shape index (κ3) is 7.85. The maximum absolute atomic E-state index is 12.0. The zero-order valence-corrected chi connectivity index (χ0v) is 16.2. The highest BCUT2D eigenvalue weighted by molar-refractivity contribution is 7.89. The molecule has 0 spiro atoms. The fraction of sp³-hybridized carbons (Fsp3) is 0.500. The SMILES string of the molecule is C[C@@H](OC(=O)CCNS(=O)(=O)c1ccc(Cl)cc1)C(=O)NC(C)(C)C. The highest BCUT2D eigenvalue weighted by Crippen LogP contribution is 2.13. The van der Waals surface area contributed by atoms with Crippen LogP contribution in [-0.4, -0.2) is 38.5 Å². The summed E-state index contributed by atoms with van der Waals surface area (Å²) in [6, 6.07) is 5.64. The molecule has 0 bridgehead atoms. The Morgan fingerprint density at radius 1 is 1.20 bits per heavy atom. The number of ether oxygens (including phenoxy) is 1. The van der Waals surface area contributed by atoms with Crippen molar-refractivity contribution in [2.24, 2.45) is 0 Å². The van der Waals surface area contributed by atoms with Crippen LogP contribution in [0.15, 0.2) is 29.2 Å². The second-order valence-electron chi connectivity index (χ2n) is 6.47. The van der Waals surface area contributed by atoms with Crippen LogP contribution < -0.4 is 10.0 Å². The predicted octanol–water partition coefficient (Wildman–Crippen LogP) is 1.85. The molecule has 1 atom stereocenters. The van der Waals surface area contributed by atoms with Gasteiger partial charge in [0.25, 0.3) is 5.91 Å². The normalized spacial score (nSPS) is 13.2. The molecule has 9 heteroatoms. The van der Waals surface area contributed by atoms with Crippen LogP contribution in [0, 0.1) is 0 Å². The first-order chi connectivity index (χ1) is 11.4. The van der Waals surface area contributed by atoms with Gasteiger partial charge in [-0.2, -0.15) is 0 Å². The summed E-state index contributed by atoms with van der Waals surface area (Å²) in [6.07, 6.45) is -1.15. The number of nitrogens with one attached hydrogen (secondary N) is 2. The monoisotopic (exact) mass is 390 g/mol. The Kier molecular flexibility index (Phi) is 7.40. The van der Waals surface area contributed by atoms with Gasteiger partial charge in [0.2, 0.25) is 10.0 Å². The van der Waals surface area contributed by atoms with E-state index in [1.165, 1.54) is 31.2 Å². The topological polar surface area (TPSA) is 102 Å². The van der Waals surface area contributed by atoms with Crippen LogP contribution in [0.1, 0.15) is 34.1 Å². The van der Waals surface area contributed by atoms with Crippen LogP contribution in [0.2, 0.25) is 5.02 Å². The zero-order chi connectivity index (χ0) is 19.3. The van der Waals surface area contributed by atoms with Crippen LogP contribution in [-0.2, 0) is 24.3 Å². The first kappa shape index (κ1) is 21.4. The van der Waals surface area contributed by atoms with E-state index in [0.717, 1.165) is 0 Å². The number of amides is 1. The second-order valence-corrected chi connectivity index (χ2v) is 8.68. The molecular weight excluding hydrogens is 368 g/mol. The van der Waals surface area contributed by atoms with Crippen molar-refractivity contribution < 1.29 is 22.7 Å². The lowest BCUT2D eigenvalue weighted by molar-refractivity contribution is -0.155. The summed E-state index contributed by atoms with van der Waals surface area (Å²) in [5, 5.41) is 3.11. The molecule has 1 aromatic carbocycles. The molecule has 1 aromatic rings. The minimum atomic E-state index is -3.74. The van der Waals surface area contributed by atoms with E-state index in [1.807, 2.05) is 20.8 Å². The fourth-order valence-electron chi connectivity index (χ4n) is 1.77. The number of carbonyl (C=O) groups excluding carboxylic acids is 2. The lowest BCUT2D eigenvalue weighted by Gasteiger charge is -2.23. The molecule has 7 nitrogen and oxygen atoms in total. The summed E-state index contributed by atoms with van der Waals surface area (Å²) in [5.74, 6) is -1.09. The van der Waals surface area contributed by atoms with Crippen molar-refractivity contribution >= 4 is 33.5 Å². The van der Waals surface area contributed by atoms with E-state index in [4.69, 9.17) is 16.3 Å². The van der Waals surface area contributed by atoms with E-state index in [9.17, 15) is 18.0 Å². The Morgan fingerprint density at radius 2 is 1.76 bits per heavy atom. The van der Waals surface area contributed by atoms with Crippen molar-refractivity contribution in [3.8, 4) is 0 Å². The number of benzene rings is 1. The quantitative estimate of drug-likeness (QED) is 0.692. The van der Waals surface area contributed by atoms with Crippen molar-refractivity contribution in [1.29, 1.82) is 0 Å². The third-order valence-electron chi connectivity index (χ3n) is 2.92. The Bertz CT molecular complexity index is 711. The number of sulfonamides is 1. The first-order valence-electron chi connectivity index (χ1n) is 7.67. The summed E-state index contributed by atoms with van der Waals surface area (Å²) >= 11 is 5.71. The van der Waals surface area contributed by atoms with Gasteiger partial charge in [-0.25, -0.2) is 13.1 Å². The predicted molar refractivity (Wildman–Crippen MR) is 94.7 cm³/mol. The molecule has 0 aromatic heterocycles. The van der Waals surface area contributed by atoms with E-state index in [0.29, 0.717) is 5.02 Å². The van der Waals surface area contributed by atoms with Gasteiger partial charge in [-0.1, -0.05) is 11.6 Å². The van der Waals surface area contributed by atoms with Gasteiger partial charge in [0.05, 0.1) is 11.3 Å². The number of halogens is 1. The second kappa shape index (κ2) is 8.64. The first-order valence-corrected chi connectivity index (χ1v) is 9.53. The van der Waals surface area contributed by atoms with Gasteiger partial charge in [-0.3, -0.25) is 9.59 Å². The van der Waals surface area contributed by atoms with Gasteiger partial charge in [0.1, 0.15) is 0 Å². The number of esters is 1. The van der Waals surface area contributed by atoms with Crippen molar-refractivity contribution in [3.05, 3.63) is 29.3 Å². The van der Waals surface area contributed by atoms with Crippen molar-refractivity contribution in [1.82, 2.24) is 10.0 Å². The van der Waals surface area contributed by atoms with E-state index in [2.05, 4.69) is 10.0 Å². The van der Waals surface area contributed by atoms with Crippen molar-refractivity contribution in [3.63, 3.8) is 0 Å². The van der Waals surface area contributed by atoms with Crippen LogP contribution in [0.3, 0.4) is 0 Å². The average molecular weight is 391 g/mol. The summed E-state index contributed by atoms with van der Waals surface area (Å²) < 4.78 is 31.4. The Labute approximate surface area is 153 Å². The molecule has 0 fully saturated rings. The molecule has 1 rings (SSSR count). The number of hydrogen-bond donors (Lipinski definition) is 2. The minimum Gasteiger partial charge on any atom is -0.453 e. The molecule has 0 saturated carbocycles. The molecule has 1 amide bonds. The fourth-order valence-corrected chi connectivity index (χ4v) is 2.92. The summed E-state index contributed by atoms with van der Waals surface area (Å²) in [7, 11) is -3.74. The lowest BCUT2D eigenvalue weighted by Crippen LogP contribution is -2.46. The summed E-state index contributed by atoms with van der Waals surface area (Å²) in [4.78, 5) is 23.6. The molecule has 0 unspecified atom stereocenters. The van der Waals surface area contributed by atoms with E-state index >= 15 is 0 Å². The molecule has 0 aliphatic heterocycles. The highest BCUT2D eigenvalue weighted by atomic mass is 35.5. The zero-order valence-electron chi connectivity index (χ0n) is 14.6. The van der Waals surface area contributed by atoms with Gasteiger partial charge in [-0.15, -0.1) is 0 Å². The van der Waals surface area contributed by atoms with Gasteiger partial charge >= 0.3 is 5.97 Å². The van der Waals surface area contributed by atoms with Crippen molar-refractivity contribution in [2.75, 3.05) is 6.54 Å². The summed E-state index contributed by atoms with van der Waals surface area (Å²) in [5.41, 5.74) is -0.439. The molecule has 0 aliphatic rings. The molecule has 25 heavy (non-hydrogen) atoms. The number of rotatable bonds is 7. The van der Waals surface area contributed by atoms with E-state index in [-0.39, 0.29) is 17.9 Å². The summed E-state index contributed by atoms with van der Waals surface area (Å²) in [6.45, 7) is 6.75. The molecule has 0 aliphatic carbocycles. The smallest absolute Gasteiger partial charge is 0.307 e. The molecule has 0 saturated heterocycles. The minimum absolute atomic E-state index is 0.0446.